The molecule has 1 N–H and O–H groups in total. The Kier molecular flexibility index (Phi) is 5.09. The van der Waals surface area contributed by atoms with Gasteiger partial charge in [-0.1, -0.05) is 32.6 Å². The van der Waals surface area contributed by atoms with Gasteiger partial charge in [-0.3, -0.25) is 0 Å². The van der Waals surface area contributed by atoms with Crippen LogP contribution in [0, 0.1) is 6.92 Å². The SMILES string of the molecule is CCCCCCCc1coc(=O)c(C)c1O. The fourth-order valence-electron chi connectivity index (χ4n) is 1.70. The van der Waals surface area contributed by atoms with E-state index in [1.807, 2.05) is 0 Å². The van der Waals surface area contributed by atoms with Crippen molar-refractivity contribution in [1.82, 2.24) is 0 Å². The average Bonchev–Trinajstić information content (AvgIpc) is 2.28. The molecule has 3 heteroatoms. The highest BCUT2D eigenvalue weighted by atomic mass is 16.4. The second-order valence-corrected chi connectivity index (χ2v) is 4.19. The van der Waals surface area contributed by atoms with Gasteiger partial charge in [0.2, 0.25) is 0 Å². The van der Waals surface area contributed by atoms with Crippen molar-refractivity contribution in [3.8, 4) is 5.75 Å². The lowest BCUT2D eigenvalue weighted by Crippen LogP contribution is -2.04. The molecule has 0 unspecified atom stereocenters. The molecule has 1 aromatic heterocycles. The molecule has 0 saturated heterocycles. The molecule has 90 valence electrons. The summed E-state index contributed by atoms with van der Waals surface area (Å²) in [5.74, 6) is 0.103. The number of aryl methyl sites for hydroxylation is 1. The summed E-state index contributed by atoms with van der Waals surface area (Å²) in [6, 6.07) is 0. The lowest BCUT2D eigenvalue weighted by Gasteiger charge is -2.05. The van der Waals surface area contributed by atoms with Crippen molar-refractivity contribution in [3.63, 3.8) is 0 Å². The molecular weight excluding hydrogens is 204 g/mol. The van der Waals surface area contributed by atoms with Gasteiger partial charge in [-0.15, -0.1) is 0 Å². The van der Waals surface area contributed by atoms with Gasteiger partial charge in [0.15, 0.2) is 0 Å². The summed E-state index contributed by atoms with van der Waals surface area (Å²) in [4.78, 5) is 11.1. The summed E-state index contributed by atoms with van der Waals surface area (Å²) in [6.07, 6.45) is 8.06. The van der Waals surface area contributed by atoms with Crippen LogP contribution in [0.2, 0.25) is 0 Å². The van der Waals surface area contributed by atoms with Crippen LogP contribution in [0.1, 0.15) is 50.2 Å². The molecule has 0 aliphatic rings. The highest BCUT2D eigenvalue weighted by molar-refractivity contribution is 5.35. The van der Waals surface area contributed by atoms with Crippen molar-refractivity contribution < 1.29 is 9.52 Å². The Morgan fingerprint density at radius 2 is 1.94 bits per heavy atom. The lowest BCUT2D eigenvalue weighted by atomic mass is 10.1. The van der Waals surface area contributed by atoms with Gasteiger partial charge in [-0.05, 0) is 19.8 Å². The highest BCUT2D eigenvalue weighted by Gasteiger charge is 2.08. The Bertz CT molecular complexity index is 379. The van der Waals surface area contributed by atoms with E-state index < -0.39 is 5.63 Å². The molecular formula is C13H20O3. The molecule has 1 heterocycles. The van der Waals surface area contributed by atoms with Gasteiger partial charge in [0.05, 0.1) is 5.56 Å². The van der Waals surface area contributed by atoms with Crippen molar-refractivity contribution in [3.05, 3.63) is 27.8 Å². The van der Waals surface area contributed by atoms with Crippen LogP contribution in [0.4, 0.5) is 0 Å². The van der Waals surface area contributed by atoms with E-state index in [1.165, 1.54) is 25.5 Å². The predicted molar refractivity (Wildman–Crippen MR) is 63.8 cm³/mol. The van der Waals surface area contributed by atoms with Crippen molar-refractivity contribution in [2.24, 2.45) is 0 Å². The maximum Gasteiger partial charge on any atom is 0.342 e. The second kappa shape index (κ2) is 6.36. The summed E-state index contributed by atoms with van der Waals surface area (Å²) < 4.78 is 4.83. The fraction of sp³-hybridized carbons (Fsp3) is 0.615. The third-order valence-electron chi connectivity index (χ3n) is 2.82. The number of aromatic hydroxyl groups is 1. The first-order valence-electron chi connectivity index (χ1n) is 5.97. The summed E-state index contributed by atoms with van der Waals surface area (Å²) in [5, 5.41) is 9.72. The summed E-state index contributed by atoms with van der Waals surface area (Å²) in [7, 11) is 0. The van der Waals surface area contributed by atoms with Gasteiger partial charge >= 0.3 is 5.63 Å². The minimum absolute atomic E-state index is 0.103. The van der Waals surface area contributed by atoms with E-state index in [0.717, 1.165) is 24.8 Å². The minimum Gasteiger partial charge on any atom is -0.507 e. The van der Waals surface area contributed by atoms with Crippen LogP contribution in [0.25, 0.3) is 0 Å². The largest absolute Gasteiger partial charge is 0.507 e. The van der Waals surface area contributed by atoms with Gasteiger partial charge < -0.3 is 9.52 Å². The monoisotopic (exact) mass is 224 g/mol. The predicted octanol–water partition coefficient (Wildman–Crippen LogP) is 3.17. The van der Waals surface area contributed by atoms with E-state index in [0.29, 0.717) is 5.56 Å². The molecule has 0 amide bonds. The van der Waals surface area contributed by atoms with E-state index in [9.17, 15) is 9.90 Å². The molecule has 1 aromatic rings. The Morgan fingerprint density at radius 3 is 2.62 bits per heavy atom. The maximum absolute atomic E-state index is 11.1. The summed E-state index contributed by atoms with van der Waals surface area (Å²) in [6.45, 7) is 3.77. The molecule has 0 aliphatic carbocycles. The van der Waals surface area contributed by atoms with E-state index in [2.05, 4.69) is 6.92 Å². The fourth-order valence-corrected chi connectivity index (χ4v) is 1.70. The molecule has 3 nitrogen and oxygen atoms in total. The van der Waals surface area contributed by atoms with E-state index >= 15 is 0 Å². The zero-order valence-corrected chi connectivity index (χ0v) is 10.1. The summed E-state index contributed by atoms with van der Waals surface area (Å²) in [5.41, 5.74) is 0.604. The zero-order chi connectivity index (χ0) is 12.0. The number of unbranched alkanes of at least 4 members (excludes halogenated alkanes) is 4. The summed E-state index contributed by atoms with van der Waals surface area (Å²) >= 11 is 0. The lowest BCUT2D eigenvalue weighted by molar-refractivity contribution is 0.427. The average molecular weight is 224 g/mol. The first-order valence-corrected chi connectivity index (χ1v) is 5.97. The molecule has 0 fully saturated rings. The number of hydrogen-bond donors (Lipinski definition) is 1. The van der Waals surface area contributed by atoms with Crippen molar-refractivity contribution in [1.29, 1.82) is 0 Å². The van der Waals surface area contributed by atoms with Crippen molar-refractivity contribution in [2.75, 3.05) is 0 Å². The first-order chi connectivity index (χ1) is 7.66. The standard InChI is InChI=1S/C13H20O3/c1-3-4-5-6-7-8-11-9-16-13(15)10(2)12(11)14/h9,14H,3-8H2,1-2H3. The molecule has 0 radical (unpaired) electrons. The molecule has 0 aliphatic heterocycles. The quantitative estimate of drug-likeness (QED) is 0.755. The van der Waals surface area contributed by atoms with Crippen LogP contribution in [0.15, 0.2) is 15.5 Å². The smallest absolute Gasteiger partial charge is 0.342 e. The van der Waals surface area contributed by atoms with Crippen LogP contribution in [0.5, 0.6) is 5.75 Å². The highest BCUT2D eigenvalue weighted by Crippen LogP contribution is 2.20. The van der Waals surface area contributed by atoms with Crippen LogP contribution in [-0.4, -0.2) is 5.11 Å². The van der Waals surface area contributed by atoms with Crippen molar-refractivity contribution in [2.45, 2.75) is 52.4 Å². The second-order valence-electron chi connectivity index (χ2n) is 4.19. The minimum atomic E-state index is -0.452. The normalized spacial score (nSPS) is 10.6. The molecule has 1 rings (SSSR count). The Labute approximate surface area is 96.1 Å². The molecule has 0 atom stereocenters. The Hall–Kier alpha value is -1.25. The van der Waals surface area contributed by atoms with Gasteiger partial charge in [-0.25, -0.2) is 4.79 Å². The Balaban J connectivity index is 2.49. The van der Waals surface area contributed by atoms with E-state index in [1.54, 1.807) is 6.92 Å². The van der Waals surface area contributed by atoms with Crippen molar-refractivity contribution >= 4 is 0 Å². The maximum atomic E-state index is 11.1. The molecule has 0 aromatic carbocycles. The van der Waals surface area contributed by atoms with Gasteiger partial charge in [0.1, 0.15) is 12.0 Å². The number of rotatable bonds is 6. The van der Waals surface area contributed by atoms with Gasteiger partial charge in [0.25, 0.3) is 0 Å². The third kappa shape index (κ3) is 3.40. The first kappa shape index (κ1) is 12.8. The van der Waals surface area contributed by atoms with E-state index in [-0.39, 0.29) is 5.75 Å². The molecule has 0 bridgehead atoms. The van der Waals surface area contributed by atoms with Crippen LogP contribution < -0.4 is 5.63 Å². The molecule has 0 saturated carbocycles. The van der Waals surface area contributed by atoms with Crippen LogP contribution >= 0.6 is 0 Å². The Morgan fingerprint density at radius 1 is 1.25 bits per heavy atom. The zero-order valence-electron chi connectivity index (χ0n) is 10.1. The topological polar surface area (TPSA) is 50.4 Å². The third-order valence-corrected chi connectivity index (χ3v) is 2.82. The molecule has 0 spiro atoms. The van der Waals surface area contributed by atoms with Crippen LogP contribution in [0.3, 0.4) is 0 Å². The van der Waals surface area contributed by atoms with Crippen LogP contribution in [-0.2, 0) is 6.42 Å². The molecule has 16 heavy (non-hydrogen) atoms. The van der Waals surface area contributed by atoms with Gasteiger partial charge in [0, 0.05) is 5.56 Å². The van der Waals surface area contributed by atoms with E-state index in [4.69, 9.17) is 4.42 Å². The number of hydrogen-bond acceptors (Lipinski definition) is 3. The van der Waals surface area contributed by atoms with Gasteiger partial charge in [-0.2, -0.15) is 0 Å².